The fourth-order valence-corrected chi connectivity index (χ4v) is 4.84. The van der Waals surface area contributed by atoms with Gasteiger partial charge in [0.05, 0.1) is 48.1 Å². The molecule has 10 heteroatoms. The van der Waals surface area contributed by atoms with Gasteiger partial charge in [0.1, 0.15) is 5.82 Å². The zero-order chi connectivity index (χ0) is 24.4. The van der Waals surface area contributed by atoms with Crippen LogP contribution in [0.25, 0.3) is 10.9 Å². The maximum atomic E-state index is 13.9. The van der Waals surface area contributed by atoms with Crippen LogP contribution in [-0.2, 0) is 16.0 Å². The molecule has 9 nitrogen and oxygen atoms in total. The molecule has 2 aromatic heterocycles. The van der Waals surface area contributed by atoms with Crippen LogP contribution in [0.3, 0.4) is 0 Å². The molecule has 1 aliphatic carbocycles. The number of nitrogen functional groups attached to an aromatic ring is 1. The highest BCUT2D eigenvalue weighted by atomic mass is 79.9. The van der Waals surface area contributed by atoms with Gasteiger partial charge in [-0.1, -0.05) is 0 Å². The van der Waals surface area contributed by atoms with Crippen LogP contribution in [0.5, 0.6) is 0 Å². The van der Waals surface area contributed by atoms with Gasteiger partial charge < -0.3 is 25.0 Å². The summed E-state index contributed by atoms with van der Waals surface area (Å²) in [5, 5.41) is 9.75. The number of morpholine rings is 1. The van der Waals surface area contributed by atoms with Gasteiger partial charge in [-0.15, -0.1) is 5.10 Å². The molecule has 1 atom stereocenters. The predicted molar refractivity (Wildman–Crippen MR) is 137 cm³/mol. The molecule has 2 N–H and O–H groups in total. The van der Waals surface area contributed by atoms with Crippen LogP contribution < -0.4 is 10.6 Å². The smallest absolute Gasteiger partial charge is 0.254 e. The third kappa shape index (κ3) is 5.39. The predicted octanol–water partition coefficient (Wildman–Crippen LogP) is 3.27. The highest BCUT2D eigenvalue weighted by Gasteiger charge is 2.38. The maximum Gasteiger partial charge on any atom is 0.254 e. The Balaban J connectivity index is 1.42. The number of ether oxygens (including phenoxy) is 2. The number of nitrogens with two attached hydrogens (primary N) is 1. The number of carbonyl (C=O) groups is 1. The maximum absolute atomic E-state index is 13.9. The summed E-state index contributed by atoms with van der Waals surface area (Å²) in [5.74, 6) is 1.62. The number of amides is 1. The second-order valence-corrected chi connectivity index (χ2v) is 9.89. The number of benzene rings is 1. The molecule has 0 radical (unpaired) electrons. The Kier molecular flexibility index (Phi) is 7.12. The van der Waals surface area contributed by atoms with Gasteiger partial charge in [-0.25, -0.2) is 4.98 Å². The first-order valence-corrected chi connectivity index (χ1v) is 12.6. The minimum absolute atomic E-state index is 0.0276. The highest BCUT2D eigenvalue weighted by Crippen LogP contribution is 2.37. The van der Waals surface area contributed by atoms with E-state index in [-0.39, 0.29) is 11.9 Å². The van der Waals surface area contributed by atoms with Crippen molar-refractivity contribution in [2.45, 2.75) is 25.4 Å². The fraction of sp³-hybridized carbons (Fsp3) is 0.440. The number of anilines is 2. The first-order chi connectivity index (χ1) is 17.0. The topological polar surface area (TPSA) is 107 Å². The van der Waals surface area contributed by atoms with Gasteiger partial charge >= 0.3 is 0 Å². The van der Waals surface area contributed by atoms with E-state index in [1.54, 1.807) is 7.11 Å². The average Bonchev–Trinajstić information content (AvgIpc) is 3.72. The number of hydrogen-bond donors (Lipinski definition) is 1. The van der Waals surface area contributed by atoms with Crippen LogP contribution in [0.15, 0.2) is 40.9 Å². The van der Waals surface area contributed by atoms with E-state index in [2.05, 4.69) is 36.0 Å². The molecule has 1 aromatic carbocycles. The van der Waals surface area contributed by atoms with Gasteiger partial charge in [0.25, 0.3) is 5.91 Å². The lowest BCUT2D eigenvalue weighted by molar-refractivity contribution is 0.0454. The first-order valence-electron chi connectivity index (χ1n) is 11.8. The van der Waals surface area contributed by atoms with Crippen LogP contribution in [0.2, 0.25) is 0 Å². The van der Waals surface area contributed by atoms with Gasteiger partial charge in [0, 0.05) is 31.1 Å². The third-order valence-electron chi connectivity index (χ3n) is 6.58. The van der Waals surface area contributed by atoms with E-state index < -0.39 is 0 Å². The van der Waals surface area contributed by atoms with Crippen LogP contribution in [0.4, 0.5) is 11.6 Å². The number of aromatic nitrogens is 3. The molecule has 1 saturated carbocycles. The number of pyridine rings is 1. The molecule has 1 aliphatic heterocycles. The second-order valence-electron chi connectivity index (χ2n) is 9.04. The van der Waals surface area contributed by atoms with E-state index in [9.17, 15) is 4.79 Å². The number of hydrogen-bond acceptors (Lipinski definition) is 8. The second kappa shape index (κ2) is 10.4. The van der Waals surface area contributed by atoms with Crippen molar-refractivity contribution in [3.63, 3.8) is 0 Å². The number of nitrogens with zero attached hydrogens (tertiary/aromatic N) is 5. The van der Waals surface area contributed by atoms with Crippen molar-refractivity contribution in [1.29, 1.82) is 0 Å². The monoisotopic (exact) mass is 540 g/mol. The summed E-state index contributed by atoms with van der Waals surface area (Å²) < 4.78 is 11.7. The molecule has 35 heavy (non-hydrogen) atoms. The number of fused-ring (bicyclic) bond motifs is 1. The van der Waals surface area contributed by atoms with E-state index in [0.29, 0.717) is 48.1 Å². The van der Waals surface area contributed by atoms with Crippen molar-refractivity contribution < 1.29 is 14.3 Å². The minimum atomic E-state index is -0.0622. The largest absolute Gasteiger partial charge is 0.383 e. The van der Waals surface area contributed by atoms with Crippen molar-refractivity contribution >= 4 is 44.4 Å². The van der Waals surface area contributed by atoms with Crippen LogP contribution in [0, 0.1) is 5.92 Å². The summed E-state index contributed by atoms with van der Waals surface area (Å²) in [7, 11) is 1.68. The van der Waals surface area contributed by atoms with Gasteiger partial charge in [0.15, 0.2) is 5.82 Å². The molecule has 184 valence electrons. The molecule has 3 aromatic rings. The van der Waals surface area contributed by atoms with Gasteiger partial charge in [0.2, 0.25) is 0 Å². The molecule has 1 amide bonds. The summed E-state index contributed by atoms with van der Waals surface area (Å²) in [4.78, 5) is 22.3. The molecular weight excluding hydrogens is 512 g/mol. The van der Waals surface area contributed by atoms with Crippen LogP contribution >= 0.6 is 15.9 Å². The molecule has 1 unspecified atom stereocenters. The third-order valence-corrected chi connectivity index (χ3v) is 7.22. The lowest BCUT2D eigenvalue weighted by Gasteiger charge is -2.32. The summed E-state index contributed by atoms with van der Waals surface area (Å²) in [6.07, 6.45) is 2.18. The zero-order valence-electron chi connectivity index (χ0n) is 19.7. The number of methoxy groups -OCH3 is 1. The lowest BCUT2D eigenvalue weighted by Crippen LogP contribution is -2.44. The van der Waals surface area contributed by atoms with Crippen molar-refractivity contribution in [2.75, 3.05) is 50.7 Å². The molecule has 2 aliphatic rings. The SMILES string of the molecule is COCC(C1CC1)N(Cc1ccc(N2CCOCC2)nn1)C(=O)c1ccc2nc(N)c(Br)cc2c1. The number of rotatable bonds is 8. The summed E-state index contributed by atoms with van der Waals surface area (Å²) in [6, 6.07) is 11.3. The molecule has 5 rings (SSSR count). The van der Waals surface area contributed by atoms with E-state index >= 15 is 0 Å². The molecule has 0 spiro atoms. The quantitative estimate of drug-likeness (QED) is 0.463. The summed E-state index contributed by atoms with van der Waals surface area (Å²) >= 11 is 3.43. The Morgan fingerprint density at radius 2 is 2.03 bits per heavy atom. The zero-order valence-corrected chi connectivity index (χ0v) is 21.3. The van der Waals surface area contributed by atoms with Crippen molar-refractivity contribution in [3.8, 4) is 0 Å². The van der Waals surface area contributed by atoms with Crippen LogP contribution in [0.1, 0.15) is 28.9 Å². The molecule has 0 bridgehead atoms. The Labute approximate surface area is 212 Å². The van der Waals surface area contributed by atoms with Crippen molar-refractivity contribution in [2.24, 2.45) is 5.92 Å². The van der Waals surface area contributed by atoms with Crippen molar-refractivity contribution in [1.82, 2.24) is 20.1 Å². The summed E-state index contributed by atoms with van der Waals surface area (Å²) in [5.41, 5.74) is 8.00. The van der Waals surface area contributed by atoms with Gasteiger partial charge in [-0.3, -0.25) is 4.79 Å². The molecule has 3 heterocycles. The molecule has 1 saturated heterocycles. The minimum Gasteiger partial charge on any atom is -0.383 e. The van der Waals surface area contributed by atoms with E-state index in [4.69, 9.17) is 15.2 Å². The van der Waals surface area contributed by atoms with Gasteiger partial charge in [-0.2, -0.15) is 5.10 Å². The molecular formula is C25H29BrN6O3. The van der Waals surface area contributed by atoms with E-state index in [0.717, 1.165) is 48.3 Å². The number of halogens is 1. The van der Waals surface area contributed by atoms with Crippen molar-refractivity contribution in [3.05, 3.63) is 52.1 Å². The van der Waals surface area contributed by atoms with E-state index in [1.807, 2.05) is 41.3 Å². The standard InChI is InChI=1S/C25H29BrN6O3/c1-34-15-22(16-2-3-16)32(14-19-5-7-23(30-29-19)31-8-10-35-11-9-31)25(33)17-4-6-21-18(12-17)13-20(26)24(27)28-21/h4-7,12-13,16,22H,2-3,8-11,14-15H2,1H3,(H2,27,28). The average molecular weight is 541 g/mol. The number of carbonyl (C=O) groups excluding carboxylic acids is 1. The Morgan fingerprint density at radius 3 is 2.71 bits per heavy atom. The Hall–Kier alpha value is -2.82. The Bertz CT molecular complexity index is 1200. The first kappa shape index (κ1) is 23.9. The highest BCUT2D eigenvalue weighted by molar-refractivity contribution is 9.10. The fourth-order valence-electron chi connectivity index (χ4n) is 4.51. The van der Waals surface area contributed by atoms with E-state index in [1.165, 1.54) is 0 Å². The molecule has 2 fully saturated rings. The summed E-state index contributed by atoms with van der Waals surface area (Å²) in [6.45, 7) is 3.82. The lowest BCUT2D eigenvalue weighted by atomic mass is 10.1. The normalized spacial score (nSPS) is 16.9. The van der Waals surface area contributed by atoms with Gasteiger partial charge in [-0.05, 0) is 71.1 Å². The Morgan fingerprint density at radius 1 is 1.23 bits per heavy atom. The van der Waals surface area contributed by atoms with Crippen LogP contribution in [-0.4, -0.2) is 72.1 Å².